The fourth-order valence-corrected chi connectivity index (χ4v) is 8.78. The highest BCUT2D eigenvalue weighted by atomic mass is 28.4. The molecule has 3 rings (SSSR count). The van der Waals surface area contributed by atoms with Gasteiger partial charge in [0.05, 0.1) is 6.10 Å². The summed E-state index contributed by atoms with van der Waals surface area (Å²) < 4.78 is 6.91. The molecular formula is C23H30O2Si. The highest BCUT2D eigenvalue weighted by molar-refractivity contribution is 6.99. The van der Waals surface area contributed by atoms with E-state index in [2.05, 4.69) is 88.0 Å². The minimum absolute atomic E-state index is 0.0386. The zero-order valence-corrected chi connectivity index (χ0v) is 17.1. The van der Waals surface area contributed by atoms with Crippen LogP contribution in [0.1, 0.15) is 33.6 Å². The third kappa shape index (κ3) is 3.44. The molecule has 2 nitrogen and oxygen atoms in total. The first kappa shape index (κ1) is 19.1. The van der Waals surface area contributed by atoms with Gasteiger partial charge in [0.25, 0.3) is 8.32 Å². The van der Waals surface area contributed by atoms with E-state index in [1.165, 1.54) is 10.4 Å². The predicted octanol–water partition coefficient (Wildman–Crippen LogP) is 3.89. The molecule has 138 valence electrons. The number of aliphatic hydroxyl groups is 1. The van der Waals surface area contributed by atoms with E-state index in [1.807, 2.05) is 0 Å². The van der Waals surface area contributed by atoms with Crippen LogP contribution < -0.4 is 10.4 Å². The molecule has 0 bridgehead atoms. The van der Waals surface area contributed by atoms with Crippen molar-refractivity contribution >= 4 is 18.7 Å². The van der Waals surface area contributed by atoms with Gasteiger partial charge in [-0.25, -0.2) is 0 Å². The highest BCUT2D eigenvalue weighted by Crippen LogP contribution is 2.38. The smallest absolute Gasteiger partial charge is 0.261 e. The van der Waals surface area contributed by atoms with E-state index >= 15 is 0 Å². The first-order valence-electron chi connectivity index (χ1n) is 9.47. The van der Waals surface area contributed by atoms with Gasteiger partial charge in [0, 0.05) is 12.5 Å². The summed E-state index contributed by atoms with van der Waals surface area (Å²) in [6.07, 6.45) is 1.37. The van der Waals surface area contributed by atoms with Gasteiger partial charge in [-0.2, -0.15) is 0 Å². The minimum Gasteiger partial charge on any atom is -0.407 e. The quantitative estimate of drug-likeness (QED) is 0.642. The Morgan fingerprint density at radius 3 is 1.88 bits per heavy atom. The number of hydrogen-bond donors (Lipinski definition) is 1. The second kappa shape index (κ2) is 7.51. The van der Waals surface area contributed by atoms with Crippen molar-refractivity contribution < 1.29 is 9.53 Å². The Hall–Kier alpha value is -1.68. The summed E-state index contributed by atoms with van der Waals surface area (Å²) >= 11 is 0. The Kier molecular flexibility index (Phi) is 5.52. The molecule has 3 heteroatoms. The first-order valence-corrected chi connectivity index (χ1v) is 11.4. The summed E-state index contributed by atoms with van der Waals surface area (Å²) in [6.45, 7) is 11.5. The summed E-state index contributed by atoms with van der Waals surface area (Å²) in [4.78, 5) is 0. The van der Waals surface area contributed by atoms with Crippen LogP contribution in [0.25, 0.3) is 0 Å². The molecule has 1 aliphatic rings. The summed E-state index contributed by atoms with van der Waals surface area (Å²) in [5.41, 5.74) is 1.12. The molecule has 2 aromatic carbocycles. The standard InChI is InChI=1S/C23H30O2Si/c1-18-15-16-22(24)21(18)17-25-26(23(2,3)4,19-11-7-5-8-12-19)20-13-9-6-10-14-20/h5-14,21-22,24H,1,15-17H2,2-4H3/t21-,22-/m1/s1. The summed E-state index contributed by atoms with van der Waals surface area (Å²) in [5, 5.41) is 12.9. The van der Waals surface area contributed by atoms with Gasteiger partial charge in [-0.1, -0.05) is 93.6 Å². The second-order valence-electron chi connectivity index (χ2n) is 8.35. The molecule has 0 aromatic heterocycles. The fourth-order valence-electron chi connectivity index (χ4n) is 4.20. The Morgan fingerprint density at radius 1 is 1.00 bits per heavy atom. The maximum absolute atomic E-state index is 10.4. The van der Waals surface area contributed by atoms with Gasteiger partial charge in [-0.3, -0.25) is 0 Å². The molecule has 0 unspecified atom stereocenters. The molecule has 1 aliphatic carbocycles. The van der Waals surface area contributed by atoms with E-state index in [9.17, 15) is 5.11 Å². The van der Waals surface area contributed by atoms with Crippen LogP contribution in [0, 0.1) is 5.92 Å². The van der Waals surface area contributed by atoms with Gasteiger partial charge in [-0.15, -0.1) is 0 Å². The summed E-state index contributed by atoms with van der Waals surface area (Å²) in [6, 6.07) is 21.3. The topological polar surface area (TPSA) is 29.5 Å². The Balaban J connectivity index is 2.07. The van der Waals surface area contributed by atoms with Gasteiger partial charge in [0.1, 0.15) is 0 Å². The van der Waals surface area contributed by atoms with Crippen molar-refractivity contribution in [1.82, 2.24) is 0 Å². The number of hydrogen-bond acceptors (Lipinski definition) is 2. The molecule has 26 heavy (non-hydrogen) atoms. The molecule has 0 saturated heterocycles. The van der Waals surface area contributed by atoms with Crippen molar-refractivity contribution in [2.45, 2.75) is 44.8 Å². The van der Waals surface area contributed by atoms with Crippen molar-refractivity contribution in [2.75, 3.05) is 6.61 Å². The van der Waals surface area contributed by atoms with E-state index in [0.717, 1.165) is 18.4 Å². The first-order chi connectivity index (χ1) is 12.4. The van der Waals surface area contributed by atoms with E-state index in [0.29, 0.717) is 6.61 Å². The zero-order chi connectivity index (χ0) is 18.8. The maximum atomic E-state index is 10.4. The van der Waals surface area contributed by atoms with Crippen LogP contribution in [0.2, 0.25) is 5.04 Å². The lowest BCUT2D eigenvalue weighted by Crippen LogP contribution is -2.67. The number of aliphatic hydroxyl groups excluding tert-OH is 1. The SMILES string of the molecule is C=C1CC[C@@H](O)[C@@H]1CO[Si](c1ccccc1)(c1ccccc1)C(C)(C)C. The molecule has 0 heterocycles. The molecule has 0 aliphatic heterocycles. The van der Waals surface area contributed by atoms with Crippen molar-refractivity contribution in [3.05, 3.63) is 72.8 Å². The van der Waals surface area contributed by atoms with Gasteiger partial charge in [-0.05, 0) is 28.3 Å². The van der Waals surface area contributed by atoms with Crippen molar-refractivity contribution in [2.24, 2.45) is 5.92 Å². The fraction of sp³-hybridized carbons (Fsp3) is 0.391. The molecule has 0 spiro atoms. The van der Waals surface area contributed by atoms with Gasteiger partial charge in [0.15, 0.2) is 0 Å². The minimum atomic E-state index is -2.53. The van der Waals surface area contributed by atoms with Crippen LogP contribution >= 0.6 is 0 Å². The van der Waals surface area contributed by atoms with Crippen LogP contribution in [-0.2, 0) is 4.43 Å². The molecule has 2 aromatic rings. The zero-order valence-electron chi connectivity index (χ0n) is 16.1. The third-order valence-corrected chi connectivity index (χ3v) is 10.7. The summed E-state index contributed by atoms with van der Waals surface area (Å²) in [7, 11) is -2.53. The lowest BCUT2D eigenvalue weighted by molar-refractivity contribution is 0.107. The van der Waals surface area contributed by atoms with Gasteiger partial charge in [0.2, 0.25) is 0 Å². The van der Waals surface area contributed by atoms with E-state index in [4.69, 9.17) is 4.43 Å². The average molecular weight is 367 g/mol. The largest absolute Gasteiger partial charge is 0.407 e. The third-order valence-electron chi connectivity index (χ3n) is 5.65. The summed E-state index contributed by atoms with van der Waals surface area (Å²) in [5.74, 6) is 0.0386. The van der Waals surface area contributed by atoms with E-state index in [1.54, 1.807) is 0 Å². The predicted molar refractivity (Wildman–Crippen MR) is 111 cm³/mol. The number of rotatable bonds is 5. The lowest BCUT2D eigenvalue weighted by atomic mass is 10.0. The lowest BCUT2D eigenvalue weighted by Gasteiger charge is -2.43. The van der Waals surface area contributed by atoms with Crippen LogP contribution in [0.5, 0.6) is 0 Å². The molecule has 1 N–H and O–H groups in total. The van der Waals surface area contributed by atoms with E-state index in [-0.39, 0.29) is 17.1 Å². The van der Waals surface area contributed by atoms with Crippen LogP contribution in [0.3, 0.4) is 0 Å². The molecule has 2 atom stereocenters. The van der Waals surface area contributed by atoms with Crippen LogP contribution in [-0.4, -0.2) is 26.1 Å². The monoisotopic (exact) mass is 366 g/mol. The second-order valence-corrected chi connectivity index (χ2v) is 12.7. The van der Waals surface area contributed by atoms with Gasteiger partial charge < -0.3 is 9.53 Å². The Bertz CT molecular complexity index is 694. The number of benzene rings is 2. The van der Waals surface area contributed by atoms with Gasteiger partial charge >= 0.3 is 0 Å². The Morgan fingerprint density at radius 2 is 1.50 bits per heavy atom. The van der Waals surface area contributed by atoms with E-state index < -0.39 is 8.32 Å². The average Bonchev–Trinajstić information content (AvgIpc) is 2.95. The molecule has 1 saturated carbocycles. The van der Waals surface area contributed by atoms with Crippen LogP contribution in [0.4, 0.5) is 0 Å². The van der Waals surface area contributed by atoms with Crippen molar-refractivity contribution in [3.8, 4) is 0 Å². The van der Waals surface area contributed by atoms with Crippen LogP contribution in [0.15, 0.2) is 72.8 Å². The molecule has 1 fully saturated rings. The van der Waals surface area contributed by atoms with Crippen molar-refractivity contribution in [1.29, 1.82) is 0 Å². The molecule has 0 amide bonds. The Labute approximate surface area is 158 Å². The van der Waals surface area contributed by atoms with Crippen molar-refractivity contribution in [3.63, 3.8) is 0 Å². The highest BCUT2D eigenvalue weighted by Gasteiger charge is 2.50. The normalized spacial score (nSPS) is 21.2. The molecule has 0 radical (unpaired) electrons. The molecular weight excluding hydrogens is 336 g/mol. The maximum Gasteiger partial charge on any atom is 0.261 e.